The van der Waals surface area contributed by atoms with Crippen molar-refractivity contribution in [3.05, 3.63) is 41.1 Å². The predicted octanol–water partition coefficient (Wildman–Crippen LogP) is 4.68. The normalized spacial score (nSPS) is 15.4. The number of hydrogen-bond donors (Lipinski definition) is 1. The van der Waals surface area contributed by atoms with Gasteiger partial charge >= 0.3 is 6.18 Å². The van der Waals surface area contributed by atoms with Gasteiger partial charge in [-0.25, -0.2) is 4.98 Å². The molecule has 1 saturated heterocycles. The van der Waals surface area contributed by atoms with Gasteiger partial charge in [0.15, 0.2) is 5.13 Å². The van der Waals surface area contributed by atoms with Crippen LogP contribution in [0.5, 0.6) is 0 Å². The quantitative estimate of drug-likeness (QED) is 0.697. The molecule has 1 aliphatic heterocycles. The van der Waals surface area contributed by atoms with Crippen molar-refractivity contribution in [1.29, 1.82) is 0 Å². The summed E-state index contributed by atoms with van der Waals surface area (Å²) >= 11 is 3.01. The number of aromatic nitrogens is 1. The van der Waals surface area contributed by atoms with Crippen molar-refractivity contribution in [2.24, 2.45) is 5.92 Å². The fourth-order valence-corrected chi connectivity index (χ4v) is 4.78. The Bertz CT molecular complexity index is 889. The number of piperidine rings is 1. The molecule has 1 aromatic heterocycles. The number of hydrogen-bond acceptors (Lipinski definition) is 5. The van der Waals surface area contributed by atoms with Crippen molar-refractivity contribution < 1.29 is 22.8 Å². The Morgan fingerprint density at radius 1 is 1.21 bits per heavy atom. The zero-order valence-electron chi connectivity index (χ0n) is 15.9. The lowest BCUT2D eigenvalue weighted by molar-refractivity contribution is -0.137. The Morgan fingerprint density at radius 2 is 1.83 bits per heavy atom. The fraction of sp³-hybridized carbons (Fsp3) is 0.421. The zero-order valence-corrected chi connectivity index (χ0v) is 17.5. The summed E-state index contributed by atoms with van der Waals surface area (Å²) in [6, 6.07) is 4.20. The van der Waals surface area contributed by atoms with E-state index in [1.807, 2.05) is 13.2 Å². The van der Waals surface area contributed by atoms with Gasteiger partial charge in [0, 0.05) is 24.6 Å². The molecule has 2 heterocycles. The molecule has 5 nitrogen and oxygen atoms in total. The van der Waals surface area contributed by atoms with Crippen LogP contribution in [0.1, 0.15) is 34.5 Å². The molecule has 3 rings (SSSR count). The van der Waals surface area contributed by atoms with Crippen LogP contribution in [-0.2, 0) is 11.0 Å². The molecule has 0 saturated carbocycles. The third kappa shape index (κ3) is 5.11. The van der Waals surface area contributed by atoms with Gasteiger partial charge in [-0.3, -0.25) is 9.59 Å². The number of alkyl halides is 3. The van der Waals surface area contributed by atoms with Crippen LogP contribution in [-0.4, -0.2) is 41.0 Å². The topological polar surface area (TPSA) is 62.3 Å². The number of halogens is 3. The van der Waals surface area contributed by atoms with Crippen LogP contribution in [0.2, 0.25) is 0 Å². The maximum absolute atomic E-state index is 12.7. The minimum Gasteiger partial charge on any atom is -0.339 e. The molecule has 1 fully saturated rings. The number of benzene rings is 1. The number of likely N-dealkylation sites (tertiary alicyclic amines) is 1. The summed E-state index contributed by atoms with van der Waals surface area (Å²) in [5.74, 6) is -0.667. The minimum absolute atomic E-state index is 0.118. The van der Waals surface area contributed by atoms with Crippen molar-refractivity contribution >= 4 is 40.0 Å². The number of aryl methyl sites for hydroxylation is 1. The van der Waals surface area contributed by atoms with E-state index in [-0.39, 0.29) is 23.3 Å². The highest BCUT2D eigenvalue weighted by Crippen LogP contribution is 2.31. The van der Waals surface area contributed by atoms with Gasteiger partial charge in [0.25, 0.3) is 5.91 Å². The second kappa shape index (κ2) is 8.74. The van der Waals surface area contributed by atoms with E-state index in [1.54, 1.807) is 16.7 Å². The van der Waals surface area contributed by atoms with E-state index in [1.165, 1.54) is 23.5 Å². The van der Waals surface area contributed by atoms with Gasteiger partial charge in [-0.2, -0.15) is 13.2 Å². The van der Waals surface area contributed by atoms with Crippen LogP contribution in [0.15, 0.2) is 28.5 Å². The van der Waals surface area contributed by atoms with E-state index in [0.29, 0.717) is 31.1 Å². The number of nitrogens with zero attached hydrogens (tertiary/aromatic N) is 2. The van der Waals surface area contributed by atoms with Gasteiger partial charge in [-0.1, -0.05) is 11.3 Å². The zero-order chi connectivity index (χ0) is 21.2. The first kappa shape index (κ1) is 21.6. The first-order valence-corrected chi connectivity index (χ1v) is 11.0. The van der Waals surface area contributed by atoms with E-state index in [4.69, 9.17) is 0 Å². The lowest BCUT2D eigenvalue weighted by Gasteiger charge is -2.31. The highest BCUT2D eigenvalue weighted by atomic mass is 32.2. The summed E-state index contributed by atoms with van der Waals surface area (Å²) in [6.07, 6.45) is -1.48. The van der Waals surface area contributed by atoms with Crippen LogP contribution in [0, 0.1) is 12.8 Å². The minimum atomic E-state index is -4.43. The van der Waals surface area contributed by atoms with Crippen LogP contribution in [0.25, 0.3) is 0 Å². The molecular formula is C19H20F3N3O2S2. The molecule has 0 unspecified atom stereocenters. The molecule has 1 aromatic carbocycles. The summed E-state index contributed by atoms with van der Waals surface area (Å²) in [5.41, 5.74) is 0.310. The van der Waals surface area contributed by atoms with Crippen LogP contribution in [0.3, 0.4) is 0 Å². The third-order valence-corrected chi connectivity index (χ3v) is 7.07. The molecule has 10 heteroatoms. The standard InChI is InChI=1S/C19H20F3N3O2S2/c1-11-17(28-2)29-18(23-11)24-15(26)12-7-9-25(10-8-12)16(27)13-3-5-14(6-4-13)19(20,21)22/h3-6,12H,7-10H2,1-2H3,(H,23,24,26). The molecular weight excluding hydrogens is 423 g/mol. The van der Waals surface area contributed by atoms with Crippen molar-refractivity contribution in [3.63, 3.8) is 0 Å². The van der Waals surface area contributed by atoms with E-state index in [0.717, 1.165) is 22.0 Å². The van der Waals surface area contributed by atoms with E-state index in [2.05, 4.69) is 10.3 Å². The third-order valence-electron chi connectivity index (χ3n) is 4.78. The monoisotopic (exact) mass is 443 g/mol. The molecule has 2 aromatic rings. The Labute approximate surface area is 174 Å². The summed E-state index contributed by atoms with van der Waals surface area (Å²) in [5, 5.41) is 3.42. The SMILES string of the molecule is CSc1sc(NC(=O)C2CCN(C(=O)c3ccc(C(F)(F)F)cc3)CC2)nc1C. The number of amides is 2. The second-order valence-corrected chi connectivity index (χ2v) is 8.80. The second-order valence-electron chi connectivity index (χ2n) is 6.73. The van der Waals surface area contributed by atoms with Gasteiger partial charge < -0.3 is 10.2 Å². The van der Waals surface area contributed by atoms with Crippen molar-refractivity contribution in [3.8, 4) is 0 Å². The number of rotatable bonds is 4. The molecule has 1 aliphatic rings. The molecule has 0 spiro atoms. The molecule has 1 N–H and O–H groups in total. The maximum Gasteiger partial charge on any atom is 0.416 e. The molecule has 0 aliphatic carbocycles. The lowest BCUT2D eigenvalue weighted by atomic mass is 9.95. The molecule has 0 radical (unpaired) electrons. The number of thiazole rings is 1. The van der Waals surface area contributed by atoms with Crippen LogP contribution < -0.4 is 5.32 Å². The highest BCUT2D eigenvalue weighted by molar-refractivity contribution is 8.00. The Balaban J connectivity index is 1.55. The van der Waals surface area contributed by atoms with Crippen LogP contribution >= 0.6 is 23.1 Å². The molecule has 156 valence electrons. The first-order valence-electron chi connectivity index (χ1n) is 8.98. The molecule has 29 heavy (non-hydrogen) atoms. The summed E-state index contributed by atoms with van der Waals surface area (Å²) < 4.78 is 39.0. The number of anilines is 1. The van der Waals surface area contributed by atoms with Gasteiger partial charge in [-0.15, -0.1) is 11.8 Å². The summed E-state index contributed by atoms with van der Waals surface area (Å²) in [4.78, 5) is 30.9. The molecule has 0 atom stereocenters. The molecule has 2 amide bonds. The number of thioether (sulfide) groups is 1. The van der Waals surface area contributed by atoms with E-state index < -0.39 is 11.7 Å². The Morgan fingerprint density at radius 3 is 2.34 bits per heavy atom. The molecule has 0 bridgehead atoms. The maximum atomic E-state index is 12.7. The van der Waals surface area contributed by atoms with E-state index in [9.17, 15) is 22.8 Å². The number of nitrogens with one attached hydrogen (secondary N) is 1. The van der Waals surface area contributed by atoms with Crippen molar-refractivity contribution in [2.75, 3.05) is 24.7 Å². The summed E-state index contributed by atoms with van der Waals surface area (Å²) in [6.45, 7) is 2.65. The summed E-state index contributed by atoms with van der Waals surface area (Å²) in [7, 11) is 0. The van der Waals surface area contributed by atoms with Gasteiger partial charge in [0.2, 0.25) is 5.91 Å². The average Bonchev–Trinajstić information content (AvgIpc) is 3.06. The van der Waals surface area contributed by atoms with Gasteiger partial charge in [0.05, 0.1) is 15.5 Å². The van der Waals surface area contributed by atoms with Crippen LogP contribution in [0.4, 0.5) is 18.3 Å². The Kier molecular flexibility index (Phi) is 6.52. The number of carbonyl (C=O) groups excluding carboxylic acids is 2. The van der Waals surface area contributed by atoms with Gasteiger partial charge in [-0.05, 0) is 50.3 Å². The van der Waals surface area contributed by atoms with Gasteiger partial charge in [0.1, 0.15) is 0 Å². The largest absolute Gasteiger partial charge is 0.416 e. The van der Waals surface area contributed by atoms with E-state index >= 15 is 0 Å². The van der Waals surface area contributed by atoms with Crippen molar-refractivity contribution in [1.82, 2.24) is 9.88 Å². The first-order chi connectivity index (χ1) is 13.7. The number of carbonyl (C=O) groups is 2. The van der Waals surface area contributed by atoms with Crippen molar-refractivity contribution in [2.45, 2.75) is 30.2 Å². The smallest absolute Gasteiger partial charge is 0.339 e. The average molecular weight is 444 g/mol. The lowest BCUT2D eigenvalue weighted by Crippen LogP contribution is -2.41. The predicted molar refractivity (Wildman–Crippen MR) is 107 cm³/mol. The Hall–Kier alpha value is -2.07. The highest BCUT2D eigenvalue weighted by Gasteiger charge is 2.31. The fourth-order valence-electron chi connectivity index (χ4n) is 3.16.